The van der Waals surface area contributed by atoms with Crippen molar-refractivity contribution in [3.63, 3.8) is 0 Å². The van der Waals surface area contributed by atoms with Gasteiger partial charge in [0.25, 0.3) is 0 Å². The largest absolute Gasteiger partial charge is 0.376 e. The molecule has 0 saturated carbocycles. The lowest BCUT2D eigenvalue weighted by Crippen LogP contribution is -2.38. The van der Waals surface area contributed by atoms with Crippen molar-refractivity contribution in [2.75, 3.05) is 6.61 Å². The zero-order chi connectivity index (χ0) is 12.7. The molecule has 2 unspecified atom stereocenters. The highest BCUT2D eigenvalue weighted by Crippen LogP contribution is 2.22. The molecule has 1 rings (SSSR count). The summed E-state index contributed by atoms with van der Waals surface area (Å²) < 4.78 is 18.9. The van der Waals surface area contributed by atoms with Crippen molar-refractivity contribution in [2.24, 2.45) is 5.84 Å². The van der Waals surface area contributed by atoms with Crippen molar-refractivity contribution in [1.82, 2.24) is 5.43 Å². The summed E-state index contributed by atoms with van der Waals surface area (Å²) in [6.07, 6.45) is 1.86. The molecule has 0 bridgehead atoms. The highest BCUT2D eigenvalue weighted by atomic mass is 19.1. The van der Waals surface area contributed by atoms with Crippen LogP contribution >= 0.6 is 0 Å². The lowest BCUT2D eigenvalue weighted by molar-refractivity contribution is 0.0275. The fourth-order valence-corrected chi connectivity index (χ4v) is 1.96. The van der Waals surface area contributed by atoms with Crippen LogP contribution in [0.3, 0.4) is 0 Å². The van der Waals surface area contributed by atoms with Gasteiger partial charge >= 0.3 is 0 Å². The summed E-state index contributed by atoms with van der Waals surface area (Å²) in [7, 11) is 0. The first-order valence-electron chi connectivity index (χ1n) is 6.06. The van der Waals surface area contributed by atoms with Crippen molar-refractivity contribution >= 4 is 0 Å². The summed E-state index contributed by atoms with van der Waals surface area (Å²) in [5.74, 6) is 5.31. The minimum atomic E-state index is -0.255. The van der Waals surface area contributed by atoms with Gasteiger partial charge in [0.2, 0.25) is 0 Å². The summed E-state index contributed by atoms with van der Waals surface area (Å²) in [5.41, 5.74) is 3.54. The maximum Gasteiger partial charge on any atom is 0.123 e. The molecule has 0 aliphatic carbocycles. The van der Waals surface area contributed by atoms with Crippen molar-refractivity contribution in [3.8, 4) is 0 Å². The van der Waals surface area contributed by atoms with Gasteiger partial charge in [-0.25, -0.2) is 4.39 Å². The number of hydrogen-bond donors (Lipinski definition) is 2. The normalized spacial score (nSPS) is 14.6. The van der Waals surface area contributed by atoms with Crippen LogP contribution < -0.4 is 11.3 Å². The standard InChI is InChI=1S/C13H21FN2O/c1-3-6-12(17-4-2)13(16-15)10-7-5-8-11(14)9-10/h5,7-9,12-13,16H,3-4,6,15H2,1-2H3. The molecule has 0 fully saturated rings. The van der Waals surface area contributed by atoms with Crippen molar-refractivity contribution in [2.45, 2.75) is 38.8 Å². The lowest BCUT2D eigenvalue weighted by atomic mass is 9.98. The number of benzene rings is 1. The number of halogens is 1. The van der Waals surface area contributed by atoms with Crippen LogP contribution in [0.2, 0.25) is 0 Å². The van der Waals surface area contributed by atoms with Gasteiger partial charge in [0.1, 0.15) is 5.82 Å². The van der Waals surface area contributed by atoms with Crippen molar-refractivity contribution in [1.29, 1.82) is 0 Å². The van der Waals surface area contributed by atoms with E-state index in [-0.39, 0.29) is 18.0 Å². The molecule has 1 aromatic rings. The number of nitrogens with two attached hydrogens (primary N) is 1. The summed E-state index contributed by atoms with van der Waals surface area (Å²) >= 11 is 0. The highest BCUT2D eigenvalue weighted by molar-refractivity contribution is 5.21. The van der Waals surface area contributed by atoms with Gasteiger partial charge in [0.15, 0.2) is 0 Å². The van der Waals surface area contributed by atoms with Gasteiger partial charge in [-0.1, -0.05) is 25.5 Å². The molecule has 0 amide bonds. The summed E-state index contributed by atoms with van der Waals surface area (Å²) in [5, 5.41) is 0. The smallest absolute Gasteiger partial charge is 0.123 e. The molecule has 96 valence electrons. The van der Waals surface area contributed by atoms with E-state index in [0.29, 0.717) is 6.61 Å². The van der Waals surface area contributed by atoms with Gasteiger partial charge in [-0.05, 0) is 31.0 Å². The summed E-state index contributed by atoms with van der Waals surface area (Å²) in [6.45, 7) is 4.66. The minimum Gasteiger partial charge on any atom is -0.376 e. The van der Waals surface area contributed by atoms with Gasteiger partial charge in [0, 0.05) is 6.61 Å². The Morgan fingerprint density at radius 3 is 2.71 bits per heavy atom. The van der Waals surface area contributed by atoms with Crippen LogP contribution in [0.15, 0.2) is 24.3 Å². The summed E-state index contributed by atoms with van der Waals surface area (Å²) in [4.78, 5) is 0. The third-order valence-electron chi connectivity index (χ3n) is 2.71. The van der Waals surface area contributed by atoms with E-state index >= 15 is 0 Å². The molecular formula is C13H21FN2O. The fourth-order valence-electron chi connectivity index (χ4n) is 1.96. The molecule has 0 aliphatic heterocycles. The maximum atomic E-state index is 13.2. The number of ether oxygens (including phenoxy) is 1. The maximum absolute atomic E-state index is 13.2. The molecule has 0 aliphatic rings. The molecule has 3 nitrogen and oxygen atoms in total. The van der Waals surface area contributed by atoms with E-state index in [1.54, 1.807) is 6.07 Å². The second-order valence-electron chi connectivity index (χ2n) is 3.98. The van der Waals surface area contributed by atoms with Crippen LogP contribution in [0.4, 0.5) is 4.39 Å². The average molecular weight is 240 g/mol. The van der Waals surface area contributed by atoms with Gasteiger partial charge in [-0.15, -0.1) is 0 Å². The minimum absolute atomic E-state index is 0.0307. The van der Waals surface area contributed by atoms with E-state index in [1.165, 1.54) is 12.1 Å². The topological polar surface area (TPSA) is 47.3 Å². The van der Waals surface area contributed by atoms with Crippen LogP contribution in [0.5, 0.6) is 0 Å². The quantitative estimate of drug-likeness (QED) is 0.568. The van der Waals surface area contributed by atoms with E-state index in [1.807, 2.05) is 13.0 Å². The zero-order valence-electron chi connectivity index (χ0n) is 10.4. The molecule has 0 spiro atoms. The van der Waals surface area contributed by atoms with Crippen molar-refractivity contribution < 1.29 is 9.13 Å². The molecule has 17 heavy (non-hydrogen) atoms. The SMILES string of the molecule is CCCC(OCC)C(NN)c1cccc(F)c1. The second kappa shape index (κ2) is 7.37. The Hall–Kier alpha value is -0.970. The number of hydrogen-bond acceptors (Lipinski definition) is 3. The van der Waals surface area contributed by atoms with E-state index in [9.17, 15) is 4.39 Å². The first-order chi connectivity index (χ1) is 8.22. The van der Waals surface area contributed by atoms with Crippen LogP contribution in [0, 0.1) is 5.82 Å². The Labute approximate surface area is 102 Å². The molecule has 3 N–H and O–H groups in total. The van der Waals surface area contributed by atoms with Crippen LogP contribution in [0.1, 0.15) is 38.3 Å². The van der Waals surface area contributed by atoms with Gasteiger partial charge in [-0.2, -0.15) is 0 Å². The third-order valence-corrected chi connectivity index (χ3v) is 2.71. The van der Waals surface area contributed by atoms with E-state index in [0.717, 1.165) is 18.4 Å². The Balaban J connectivity index is 2.87. The molecule has 1 aromatic carbocycles. The lowest BCUT2D eigenvalue weighted by Gasteiger charge is -2.26. The highest BCUT2D eigenvalue weighted by Gasteiger charge is 2.22. The van der Waals surface area contributed by atoms with Gasteiger partial charge in [-0.3, -0.25) is 11.3 Å². The van der Waals surface area contributed by atoms with Gasteiger partial charge < -0.3 is 4.74 Å². The van der Waals surface area contributed by atoms with Gasteiger partial charge in [0.05, 0.1) is 12.1 Å². The number of rotatable bonds is 7. The molecule has 4 heteroatoms. The molecule has 0 aromatic heterocycles. The third kappa shape index (κ3) is 4.07. The van der Waals surface area contributed by atoms with Crippen LogP contribution in [0.25, 0.3) is 0 Å². The zero-order valence-corrected chi connectivity index (χ0v) is 10.4. The monoisotopic (exact) mass is 240 g/mol. The number of hydrazine groups is 1. The van der Waals surface area contributed by atoms with Crippen molar-refractivity contribution in [3.05, 3.63) is 35.6 Å². The number of nitrogens with one attached hydrogen (secondary N) is 1. The molecule has 0 radical (unpaired) electrons. The van der Waals surface area contributed by atoms with E-state index in [4.69, 9.17) is 10.6 Å². The van der Waals surface area contributed by atoms with Crippen LogP contribution in [-0.2, 0) is 4.74 Å². The fraction of sp³-hybridized carbons (Fsp3) is 0.538. The van der Waals surface area contributed by atoms with E-state index in [2.05, 4.69) is 12.3 Å². The molecule has 0 saturated heterocycles. The van der Waals surface area contributed by atoms with E-state index < -0.39 is 0 Å². The first kappa shape index (κ1) is 14.1. The Morgan fingerprint density at radius 2 is 2.18 bits per heavy atom. The summed E-state index contributed by atoms with van der Waals surface area (Å²) in [6, 6.07) is 6.28. The Bertz CT molecular complexity index is 327. The Morgan fingerprint density at radius 1 is 1.41 bits per heavy atom. The predicted octanol–water partition coefficient (Wildman–Crippen LogP) is 2.54. The average Bonchev–Trinajstić information content (AvgIpc) is 2.31. The Kier molecular flexibility index (Phi) is 6.11. The molecule has 0 heterocycles. The van der Waals surface area contributed by atoms with Crippen LogP contribution in [-0.4, -0.2) is 12.7 Å². The predicted molar refractivity (Wildman–Crippen MR) is 66.8 cm³/mol. The first-order valence-corrected chi connectivity index (χ1v) is 6.06. The molecular weight excluding hydrogens is 219 g/mol. The molecule has 2 atom stereocenters. The second-order valence-corrected chi connectivity index (χ2v) is 3.98.